The fraction of sp³-hybridized carbons (Fsp3) is 0.304. The van der Waals surface area contributed by atoms with E-state index in [1.807, 2.05) is 43.3 Å². The number of rotatable bonds is 4. The molecule has 2 heterocycles. The van der Waals surface area contributed by atoms with Gasteiger partial charge in [0.2, 0.25) is 5.91 Å². The molecule has 0 spiro atoms. The van der Waals surface area contributed by atoms with Crippen LogP contribution in [0.15, 0.2) is 47.0 Å². The highest BCUT2D eigenvalue weighted by atomic mass is 35.5. The molecule has 0 N–H and O–H groups in total. The summed E-state index contributed by atoms with van der Waals surface area (Å²) in [5, 5.41) is 11.4. The lowest BCUT2D eigenvalue weighted by Gasteiger charge is -2.42. The van der Waals surface area contributed by atoms with Gasteiger partial charge in [-0.3, -0.25) is 9.69 Å². The Bertz CT molecular complexity index is 1110. The highest BCUT2D eigenvalue weighted by molar-refractivity contribution is 8.03. The van der Waals surface area contributed by atoms with E-state index in [1.54, 1.807) is 19.1 Å². The molecule has 0 unspecified atom stereocenters. The third-order valence-corrected chi connectivity index (χ3v) is 7.25. The van der Waals surface area contributed by atoms with Gasteiger partial charge in [-0.05, 0) is 42.3 Å². The molecule has 1 saturated heterocycles. The topological polar surface area (TPSA) is 65.8 Å². The minimum absolute atomic E-state index is 0.00864. The molecule has 2 aromatic rings. The van der Waals surface area contributed by atoms with Crippen LogP contribution in [0.1, 0.15) is 23.5 Å². The smallest absolute Gasteiger partial charge is 0.229 e. The Morgan fingerprint density at radius 1 is 1.19 bits per heavy atom. The molecule has 31 heavy (non-hydrogen) atoms. The molecule has 2 aliphatic heterocycles. The lowest BCUT2D eigenvalue weighted by Crippen LogP contribution is -2.47. The van der Waals surface area contributed by atoms with Gasteiger partial charge in [-0.2, -0.15) is 5.26 Å². The summed E-state index contributed by atoms with van der Waals surface area (Å²) in [7, 11) is 3.15. The number of allylic oxidation sites excluding steroid dienone is 1. The predicted octanol–water partition coefficient (Wildman–Crippen LogP) is 4.89. The third-order valence-electron chi connectivity index (χ3n) is 5.68. The van der Waals surface area contributed by atoms with Crippen LogP contribution in [0.2, 0.25) is 5.02 Å². The second-order valence-electron chi connectivity index (χ2n) is 7.36. The molecule has 2 aromatic carbocycles. The van der Waals surface area contributed by atoms with Gasteiger partial charge in [-0.1, -0.05) is 35.5 Å². The molecule has 160 valence electrons. The maximum absolute atomic E-state index is 13.1. The molecule has 0 saturated carbocycles. The number of nitrogens with zero attached hydrogens (tertiary/aromatic N) is 3. The minimum Gasteiger partial charge on any atom is -0.493 e. The average Bonchev–Trinajstić information content (AvgIpc) is 2.80. The molecule has 1 fully saturated rings. The van der Waals surface area contributed by atoms with E-state index in [2.05, 4.69) is 11.0 Å². The van der Waals surface area contributed by atoms with E-state index >= 15 is 0 Å². The highest BCUT2D eigenvalue weighted by Gasteiger charge is 2.38. The number of benzene rings is 2. The van der Waals surface area contributed by atoms with Gasteiger partial charge in [0, 0.05) is 23.0 Å². The van der Waals surface area contributed by atoms with Gasteiger partial charge < -0.3 is 14.4 Å². The van der Waals surface area contributed by atoms with Gasteiger partial charge in [-0.15, -0.1) is 0 Å². The molecule has 1 amide bonds. The number of fused-ring (bicyclic) bond motifs is 1. The highest BCUT2D eigenvalue weighted by Crippen LogP contribution is 2.45. The van der Waals surface area contributed by atoms with Crippen LogP contribution in [0.4, 0.5) is 5.69 Å². The molecule has 4 rings (SSSR count). The van der Waals surface area contributed by atoms with Crippen molar-refractivity contribution in [3.8, 4) is 17.6 Å². The summed E-state index contributed by atoms with van der Waals surface area (Å²) in [6.07, 6.45) is 0.227. The predicted molar refractivity (Wildman–Crippen MR) is 122 cm³/mol. The monoisotopic (exact) mass is 455 g/mol. The van der Waals surface area contributed by atoms with E-state index in [4.69, 9.17) is 21.1 Å². The van der Waals surface area contributed by atoms with Crippen LogP contribution < -0.4 is 14.4 Å². The Morgan fingerprint density at radius 3 is 2.68 bits per heavy atom. The molecule has 0 bridgehead atoms. The molecule has 0 radical (unpaired) electrons. The lowest BCUT2D eigenvalue weighted by molar-refractivity contribution is -0.129. The summed E-state index contributed by atoms with van der Waals surface area (Å²) in [6, 6.07) is 13.7. The van der Waals surface area contributed by atoms with E-state index in [0.29, 0.717) is 34.6 Å². The minimum atomic E-state index is -0.310. The summed E-state index contributed by atoms with van der Waals surface area (Å²) in [5.74, 6) is 1.50. The van der Waals surface area contributed by atoms with Crippen molar-refractivity contribution in [1.29, 1.82) is 5.26 Å². The summed E-state index contributed by atoms with van der Waals surface area (Å²) >= 11 is 7.80. The number of carbonyl (C=O) groups is 1. The Kier molecular flexibility index (Phi) is 6.03. The summed E-state index contributed by atoms with van der Waals surface area (Å²) in [5.41, 5.74) is 3.44. The summed E-state index contributed by atoms with van der Waals surface area (Å²) in [6.45, 7) is 2.37. The SMILES string of the molecule is COc1ccc([C@@H]2CC(=O)N3CN(c4cccc(Cl)c4C)CSC3=C2C#N)cc1OC. The fourth-order valence-corrected chi connectivity index (χ4v) is 5.34. The molecule has 1 atom stereocenters. The van der Waals surface area contributed by atoms with Crippen molar-refractivity contribution in [2.45, 2.75) is 19.3 Å². The van der Waals surface area contributed by atoms with Crippen molar-refractivity contribution in [2.24, 2.45) is 0 Å². The lowest BCUT2D eigenvalue weighted by atomic mass is 9.86. The number of halogens is 1. The first-order valence-corrected chi connectivity index (χ1v) is 11.1. The number of ether oxygens (including phenoxy) is 2. The van der Waals surface area contributed by atoms with E-state index in [0.717, 1.165) is 21.8 Å². The van der Waals surface area contributed by atoms with E-state index in [9.17, 15) is 10.1 Å². The molecule has 0 aromatic heterocycles. The number of hydrogen-bond acceptors (Lipinski definition) is 6. The molecule has 0 aliphatic carbocycles. The van der Waals surface area contributed by atoms with Gasteiger partial charge in [0.15, 0.2) is 11.5 Å². The second kappa shape index (κ2) is 8.74. The van der Waals surface area contributed by atoms with Gasteiger partial charge in [0.25, 0.3) is 0 Å². The van der Waals surface area contributed by atoms with Gasteiger partial charge in [-0.25, -0.2) is 0 Å². The van der Waals surface area contributed by atoms with Crippen LogP contribution in [-0.4, -0.2) is 37.6 Å². The van der Waals surface area contributed by atoms with Gasteiger partial charge >= 0.3 is 0 Å². The second-order valence-corrected chi connectivity index (χ2v) is 8.70. The number of amides is 1. The molecular formula is C23H22ClN3O3S. The van der Waals surface area contributed by atoms with Crippen LogP contribution in [0, 0.1) is 18.3 Å². The molecule has 6 nitrogen and oxygen atoms in total. The van der Waals surface area contributed by atoms with Gasteiger partial charge in [0.1, 0.15) is 0 Å². The van der Waals surface area contributed by atoms with E-state index < -0.39 is 0 Å². The van der Waals surface area contributed by atoms with Crippen molar-refractivity contribution < 1.29 is 14.3 Å². The van der Waals surface area contributed by atoms with Crippen molar-refractivity contribution in [3.05, 3.63) is 63.1 Å². The van der Waals surface area contributed by atoms with Crippen LogP contribution in [0.5, 0.6) is 11.5 Å². The molecule has 2 aliphatic rings. The fourth-order valence-electron chi connectivity index (χ4n) is 4.01. The first-order valence-electron chi connectivity index (χ1n) is 9.77. The Hall–Kier alpha value is -2.82. The van der Waals surface area contributed by atoms with Crippen molar-refractivity contribution in [1.82, 2.24) is 4.90 Å². The summed E-state index contributed by atoms with van der Waals surface area (Å²) in [4.78, 5) is 17.0. The Labute approximate surface area is 191 Å². The third kappa shape index (κ3) is 3.82. The number of carbonyl (C=O) groups excluding carboxylic acids is 1. The van der Waals surface area contributed by atoms with Crippen LogP contribution in [0.25, 0.3) is 0 Å². The summed E-state index contributed by atoms with van der Waals surface area (Å²) < 4.78 is 10.7. The Balaban J connectivity index is 1.68. The standard InChI is InChI=1S/C23H22ClN3O3S/c1-14-18(24)5-4-6-19(14)26-12-27-22(28)10-16(17(11-25)23(27)31-13-26)15-7-8-20(29-2)21(9-15)30-3/h4-9,16H,10,12-13H2,1-3H3/t16-/m0/s1. The number of thioether (sulfide) groups is 1. The molecule has 8 heteroatoms. The normalized spacial score (nSPS) is 18.5. The Morgan fingerprint density at radius 2 is 1.97 bits per heavy atom. The zero-order valence-electron chi connectivity index (χ0n) is 17.5. The largest absolute Gasteiger partial charge is 0.493 e. The number of anilines is 1. The van der Waals surface area contributed by atoms with E-state index in [-0.39, 0.29) is 18.2 Å². The zero-order valence-corrected chi connectivity index (χ0v) is 19.1. The van der Waals surface area contributed by atoms with Crippen LogP contribution in [-0.2, 0) is 4.79 Å². The van der Waals surface area contributed by atoms with Crippen molar-refractivity contribution in [2.75, 3.05) is 31.7 Å². The maximum Gasteiger partial charge on any atom is 0.229 e. The van der Waals surface area contributed by atoms with Crippen molar-refractivity contribution >= 4 is 35.0 Å². The van der Waals surface area contributed by atoms with Crippen LogP contribution in [0.3, 0.4) is 0 Å². The van der Waals surface area contributed by atoms with Gasteiger partial charge in [0.05, 0.1) is 43.4 Å². The number of methoxy groups -OCH3 is 2. The quantitative estimate of drug-likeness (QED) is 0.654. The van der Waals surface area contributed by atoms with Crippen molar-refractivity contribution in [3.63, 3.8) is 0 Å². The number of hydrogen-bond donors (Lipinski definition) is 0. The van der Waals surface area contributed by atoms with E-state index in [1.165, 1.54) is 11.8 Å². The molecular weight excluding hydrogens is 434 g/mol. The first-order chi connectivity index (χ1) is 15.0. The van der Waals surface area contributed by atoms with Crippen LogP contribution >= 0.6 is 23.4 Å². The zero-order chi connectivity index (χ0) is 22.1. The maximum atomic E-state index is 13.1. The average molecular weight is 456 g/mol. The first kappa shape index (κ1) is 21.4. The number of nitriles is 1.